The SMILES string of the molecule is CC(C)(C)OC(=O)N1CCCC(Nc2ccn(-c3ccccc3)n2)C1. The lowest BCUT2D eigenvalue weighted by Crippen LogP contribution is -2.47. The number of ether oxygens (including phenoxy) is 1. The fraction of sp³-hybridized carbons (Fsp3) is 0.474. The summed E-state index contributed by atoms with van der Waals surface area (Å²) in [4.78, 5) is 14.0. The van der Waals surface area contributed by atoms with E-state index >= 15 is 0 Å². The highest BCUT2D eigenvalue weighted by molar-refractivity contribution is 5.68. The molecular formula is C19H26N4O2. The molecule has 0 spiro atoms. The number of para-hydroxylation sites is 1. The number of carbonyl (C=O) groups excluding carboxylic acids is 1. The molecule has 1 amide bonds. The Morgan fingerprint density at radius 1 is 1.24 bits per heavy atom. The minimum atomic E-state index is -0.466. The predicted octanol–water partition coefficient (Wildman–Crippen LogP) is 3.68. The van der Waals surface area contributed by atoms with E-state index in [0.717, 1.165) is 30.9 Å². The Balaban J connectivity index is 1.60. The largest absolute Gasteiger partial charge is 0.444 e. The van der Waals surface area contributed by atoms with Gasteiger partial charge in [-0.15, -0.1) is 0 Å². The van der Waals surface area contributed by atoms with Gasteiger partial charge in [0.2, 0.25) is 0 Å². The molecule has 2 heterocycles. The highest BCUT2D eigenvalue weighted by Gasteiger charge is 2.27. The first kappa shape index (κ1) is 17.3. The monoisotopic (exact) mass is 342 g/mol. The molecule has 0 saturated carbocycles. The Labute approximate surface area is 148 Å². The van der Waals surface area contributed by atoms with Gasteiger partial charge in [0.15, 0.2) is 0 Å². The summed E-state index contributed by atoms with van der Waals surface area (Å²) in [6.45, 7) is 7.04. The van der Waals surface area contributed by atoms with Crippen LogP contribution in [0.15, 0.2) is 42.6 Å². The lowest BCUT2D eigenvalue weighted by Gasteiger charge is -2.34. The smallest absolute Gasteiger partial charge is 0.410 e. The van der Waals surface area contributed by atoms with Crippen molar-refractivity contribution in [3.8, 4) is 5.69 Å². The van der Waals surface area contributed by atoms with Gasteiger partial charge in [0, 0.05) is 31.4 Å². The number of nitrogens with zero attached hydrogens (tertiary/aromatic N) is 3. The molecule has 1 atom stereocenters. The van der Waals surface area contributed by atoms with E-state index in [0.29, 0.717) is 6.54 Å². The number of anilines is 1. The first-order valence-electron chi connectivity index (χ1n) is 8.76. The van der Waals surface area contributed by atoms with Crippen LogP contribution in [0.25, 0.3) is 5.69 Å². The van der Waals surface area contributed by atoms with E-state index in [1.165, 1.54) is 0 Å². The van der Waals surface area contributed by atoms with Crippen LogP contribution in [0.3, 0.4) is 0 Å². The van der Waals surface area contributed by atoms with Gasteiger partial charge in [-0.1, -0.05) is 18.2 Å². The summed E-state index contributed by atoms with van der Waals surface area (Å²) >= 11 is 0. The van der Waals surface area contributed by atoms with Crippen LogP contribution >= 0.6 is 0 Å². The van der Waals surface area contributed by atoms with Crippen molar-refractivity contribution >= 4 is 11.9 Å². The fourth-order valence-corrected chi connectivity index (χ4v) is 2.92. The van der Waals surface area contributed by atoms with E-state index in [4.69, 9.17) is 4.74 Å². The fourth-order valence-electron chi connectivity index (χ4n) is 2.92. The molecule has 6 nitrogen and oxygen atoms in total. The number of nitrogens with one attached hydrogen (secondary N) is 1. The molecule has 2 aromatic rings. The second-order valence-electron chi connectivity index (χ2n) is 7.39. The summed E-state index contributed by atoms with van der Waals surface area (Å²) in [5.41, 5.74) is 0.556. The van der Waals surface area contributed by atoms with E-state index in [1.807, 2.05) is 68.0 Å². The van der Waals surface area contributed by atoms with Gasteiger partial charge < -0.3 is 15.0 Å². The van der Waals surface area contributed by atoms with E-state index < -0.39 is 5.60 Å². The Hall–Kier alpha value is -2.50. The average molecular weight is 342 g/mol. The number of piperidine rings is 1. The number of amides is 1. The summed E-state index contributed by atoms with van der Waals surface area (Å²) < 4.78 is 7.32. The average Bonchev–Trinajstić information content (AvgIpc) is 3.03. The van der Waals surface area contributed by atoms with Crippen molar-refractivity contribution in [1.29, 1.82) is 0 Å². The van der Waals surface area contributed by atoms with Crippen molar-refractivity contribution in [1.82, 2.24) is 14.7 Å². The van der Waals surface area contributed by atoms with E-state index in [1.54, 1.807) is 4.90 Å². The quantitative estimate of drug-likeness (QED) is 0.924. The van der Waals surface area contributed by atoms with Crippen LogP contribution in [0, 0.1) is 0 Å². The third-order valence-corrected chi connectivity index (χ3v) is 4.03. The summed E-state index contributed by atoms with van der Waals surface area (Å²) in [6.07, 6.45) is 3.66. The minimum Gasteiger partial charge on any atom is -0.444 e. The second-order valence-corrected chi connectivity index (χ2v) is 7.39. The van der Waals surface area contributed by atoms with Crippen molar-refractivity contribution in [3.05, 3.63) is 42.6 Å². The molecule has 0 aliphatic carbocycles. The molecule has 1 aromatic heterocycles. The van der Waals surface area contributed by atoms with Crippen molar-refractivity contribution in [2.24, 2.45) is 0 Å². The van der Waals surface area contributed by atoms with Crippen molar-refractivity contribution in [2.75, 3.05) is 18.4 Å². The third kappa shape index (κ3) is 4.75. The number of aromatic nitrogens is 2. The molecule has 1 aromatic carbocycles. The zero-order valence-electron chi connectivity index (χ0n) is 15.1. The van der Waals surface area contributed by atoms with Gasteiger partial charge in [-0.25, -0.2) is 9.48 Å². The lowest BCUT2D eigenvalue weighted by atomic mass is 10.1. The van der Waals surface area contributed by atoms with E-state index in [-0.39, 0.29) is 12.1 Å². The van der Waals surface area contributed by atoms with Gasteiger partial charge in [0.25, 0.3) is 0 Å². The van der Waals surface area contributed by atoms with Crippen molar-refractivity contribution in [2.45, 2.75) is 45.3 Å². The summed E-state index contributed by atoms with van der Waals surface area (Å²) in [5, 5.41) is 8.01. The number of hydrogen-bond acceptors (Lipinski definition) is 4. The van der Waals surface area contributed by atoms with Gasteiger partial charge in [-0.3, -0.25) is 0 Å². The molecular weight excluding hydrogens is 316 g/mol. The molecule has 1 fully saturated rings. The van der Waals surface area contributed by atoms with Gasteiger partial charge in [-0.05, 0) is 45.7 Å². The Bertz CT molecular complexity index is 706. The zero-order valence-corrected chi connectivity index (χ0v) is 15.1. The normalized spacial score (nSPS) is 18.0. The molecule has 0 radical (unpaired) electrons. The number of rotatable bonds is 3. The topological polar surface area (TPSA) is 59.4 Å². The van der Waals surface area contributed by atoms with Crippen LogP contribution in [0.1, 0.15) is 33.6 Å². The first-order chi connectivity index (χ1) is 11.9. The maximum atomic E-state index is 12.3. The molecule has 6 heteroatoms. The van der Waals surface area contributed by atoms with Crippen LogP contribution in [0.5, 0.6) is 0 Å². The van der Waals surface area contributed by atoms with Crippen molar-refractivity contribution in [3.63, 3.8) is 0 Å². The molecule has 0 bridgehead atoms. The second kappa shape index (κ2) is 7.17. The molecule has 1 aliphatic heterocycles. The number of benzene rings is 1. The standard InChI is InChI=1S/C19H26N4O2/c1-19(2,3)25-18(24)22-12-7-8-15(14-22)20-17-11-13-23(21-17)16-9-5-4-6-10-16/h4-6,9-11,13,15H,7-8,12,14H2,1-3H3,(H,20,21). The van der Waals surface area contributed by atoms with E-state index in [2.05, 4.69) is 10.4 Å². The van der Waals surface area contributed by atoms with Crippen LogP contribution in [0.2, 0.25) is 0 Å². The number of likely N-dealkylation sites (tertiary alicyclic amines) is 1. The Morgan fingerprint density at radius 3 is 2.72 bits per heavy atom. The molecule has 1 unspecified atom stereocenters. The van der Waals surface area contributed by atoms with Crippen molar-refractivity contribution < 1.29 is 9.53 Å². The molecule has 1 aliphatic rings. The molecule has 1 saturated heterocycles. The molecule has 3 rings (SSSR count). The highest BCUT2D eigenvalue weighted by atomic mass is 16.6. The van der Waals surface area contributed by atoms with Gasteiger partial charge in [-0.2, -0.15) is 5.10 Å². The van der Waals surface area contributed by atoms with Crippen LogP contribution in [0.4, 0.5) is 10.6 Å². The van der Waals surface area contributed by atoms with Gasteiger partial charge >= 0.3 is 6.09 Å². The summed E-state index contributed by atoms with van der Waals surface area (Å²) in [6, 6.07) is 12.1. The maximum Gasteiger partial charge on any atom is 0.410 e. The van der Waals surface area contributed by atoms with Crippen LogP contribution < -0.4 is 5.32 Å². The number of hydrogen-bond donors (Lipinski definition) is 1. The van der Waals surface area contributed by atoms with Crippen LogP contribution in [-0.4, -0.2) is 45.5 Å². The van der Waals surface area contributed by atoms with Gasteiger partial charge in [0.1, 0.15) is 11.4 Å². The van der Waals surface area contributed by atoms with Gasteiger partial charge in [0.05, 0.1) is 5.69 Å². The van der Waals surface area contributed by atoms with E-state index in [9.17, 15) is 4.79 Å². The summed E-state index contributed by atoms with van der Waals surface area (Å²) in [7, 11) is 0. The van der Waals surface area contributed by atoms with Crippen LogP contribution in [-0.2, 0) is 4.74 Å². The Morgan fingerprint density at radius 2 is 2.00 bits per heavy atom. The Kier molecular flexibility index (Phi) is 4.97. The molecule has 134 valence electrons. The number of carbonyl (C=O) groups is 1. The lowest BCUT2D eigenvalue weighted by molar-refractivity contribution is 0.0206. The first-order valence-corrected chi connectivity index (χ1v) is 8.76. The molecule has 25 heavy (non-hydrogen) atoms. The summed E-state index contributed by atoms with van der Waals surface area (Å²) in [5.74, 6) is 0.819. The zero-order chi connectivity index (χ0) is 17.9. The third-order valence-electron chi connectivity index (χ3n) is 4.03. The maximum absolute atomic E-state index is 12.3. The minimum absolute atomic E-state index is 0.181. The predicted molar refractivity (Wildman–Crippen MR) is 98.0 cm³/mol. The molecule has 1 N–H and O–H groups in total. The highest BCUT2D eigenvalue weighted by Crippen LogP contribution is 2.18.